The van der Waals surface area contributed by atoms with Crippen molar-refractivity contribution in [1.29, 1.82) is 0 Å². The summed E-state index contributed by atoms with van der Waals surface area (Å²) in [6.45, 7) is 8.73. The minimum absolute atomic E-state index is 0.662. The van der Waals surface area contributed by atoms with Crippen LogP contribution in [0.15, 0.2) is 24.3 Å². The number of benzene rings is 1. The highest BCUT2D eigenvalue weighted by Crippen LogP contribution is 2.31. The third kappa shape index (κ3) is 2.38. The van der Waals surface area contributed by atoms with Gasteiger partial charge in [0.2, 0.25) is 0 Å². The molecule has 1 fully saturated rings. The molecule has 0 aliphatic carbocycles. The number of hydrogen-bond donors (Lipinski definition) is 1. The summed E-state index contributed by atoms with van der Waals surface area (Å²) in [5.41, 5.74) is 6.41. The molecule has 2 heterocycles. The Bertz CT molecular complexity index is 607. The lowest BCUT2D eigenvalue weighted by Gasteiger charge is -2.23. The minimum atomic E-state index is 0.662. The van der Waals surface area contributed by atoms with Gasteiger partial charge in [0, 0.05) is 5.69 Å². The molecule has 0 atom stereocenters. The van der Waals surface area contributed by atoms with Gasteiger partial charge >= 0.3 is 0 Å². The van der Waals surface area contributed by atoms with Gasteiger partial charge in [-0.25, -0.2) is 4.68 Å². The van der Waals surface area contributed by atoms with E-state index in [1.807, 2.05) is 0 Å². The van der Waals surface area contributed by atoms with Crippen molar-refractivity contribution in [3.8, 4) is 5.69 Å². The molecule has 1 aliphatic heterocycles. The quantitative estimate of drug-likeness (QED) is 0.907. The van der Waals surface area contributed by atoms with Crippen molar-refractivity contribution >= 4 is 0 Å². The highest BCUT2D eigenvalue weighted by atomic mass is 15.3. The van der Waals surface area contributed by atoms with Gasteiger partial charge in [0.15, 0.2) is 0 Å². The van der Waals surface area contributed by atoms with Crippen molar-refractivity contribution in [2.75, 3.05) is 13.1 Å². The second-order valence-electron chi connectivity index (χ2n) is 5.86. The van der Waals surface area contributed by atoms with Crippen molar-refractivity contribution in [3.63, 3.8) is 0 Å². The maximum atomic E-state index is 4.79. The zero-order valence-corrected chi connectivity index (χ0v) is 12.6. The maximum Gasteiger partial charge on any atom is 0.0651 e. The third-order valence-electron chi connectivity index (χ3n) is 4.34. The second-order valence-corrected chi connectivity index (χ2v) is 5.86. The standard InChI is InChI=1S/C17H23N3/c1-12-5-4-6-16(11-12)20-14(3)17(13(2)19-20)15-7-9-18-10-8-15/h4-6,11,15,18H,7-10H2,1-3H3. The molecule has 3 nitrogen and oxygen atoms in total. The topological polar surface area (TPSA) is 29.9 Å². The summed E-state index contributed by atoms with van der Waals surface area (Å²) in [5, 5.41) is 8.24. The fourth-order valence-corrected chi connectivity index (χ4v) is 3.37. The van der Waals surface area contributed by atoms with E-state index in [1.165, 1.54) is 41.0 Å². The Hall–Kier alpha value is -1.61. The SMILES string of the molecule is Cc1cccc(-n2nc(C)c(C3CCNCC3)c2C)c1. The molecule has 0 amide bonds. The number of nitrogens with zero attached hydrogens (tertiary/aromatic N) is 2. The van der Waals surface area contributed by atoms with Crippen LogP contribution in [0.25, 0.3) is 5.69 Å². The molecule has 3 rings (SSSR count). The largest absolute Gasteiger partial charge is 0.317 e. The van der Waals surface area contributed by atoms with Gasteiger partial charge < -0.3 is 5.32 Å². The van der Waals surface area contributed by atoms with Crippen LogP contribution < -0.4 is 5.32 Å². The van der Waals surface area contributed by atoms with E-state index in [4.69, 9.17) is 5.10 Å². The van der Waals surface area contributed by atoms with Crippen molar-refractivity contribution in [2.24, 2.45) is 0 Å². The first-order valence-corrected chi connectivity index (χ1v) is 7.50. The van der Waals surface area contributed by atoms with E-state index in [0.29, 0.717) is 5.92 Å². The molecule has 0 bridgehead atoms. The van der Waals surface area contributed by atoms with E-state index < -0.39 is 0 Å². The van der Waals surface area contributed by atoms with Gasteiger partial charge in [-0.15, -0.1) is 0 Å². The molecule has 1 aromatic heterocycles. The summed E-state index contributed by atoms with van der Waals surface area (Å²) < 4.78 is 2.11. The van der Waals surface area contributed by atoms with Crippen molar-refractivity contribution in [3.05, 3.63) is 46.8 Å². The number of hydrogen-bond acceptors (Lipinski definition) is 2. The molecule has 1 aliphatic rings. The number of nitrogens with one attached hydrogen (secondary N) is 1. The van der Waals surface area contributed by atoms with E-state index in [9.17, 15) is 0 Å². The van der Waals surface area contributed by atoms with Crippen LogP contribution in [-0.2, 0) is 0 Å². The molecule has 1 saturated heterocycles. The van der Waals surface area contributed by atoms with E-state index in [1.54, 1.807) is 0 Å². The Morgan fingerprint density at radius 3 is 2.60 bits per heavy atom. The second kappa shape index (κ2) is 5.41. The molecule has 1 N–H and O–H groups in total. The number of aromatic nitrogens is 2. The summed E-state index contributed by atoms with van der Waals surface area (Å²) in [6, 6.07) is 8.57. The van der Waals surface area contributed by atoms with Crippen LogP contribution in [0, 0.1) is 20.8 Å². The minimum Gasteiger partial charge on any atom is -0.317 e. The van der Waals surface area contributed by atoms with Gasteiger partial charge in [-0.05, 0) is 75.9 Å². The summed E-state index contributed by atoms with van der Waals surface area (Å²) in [5.74, 6) is 0.662. The van der Waals surface area contributed by atoms with Gasteiger partial charge in [0.05, 0.1) is 11.4 Å². The van der Waals surface area contributed by atoms with Gasteiger partial charge in [0.25, 0.3) is 0 Å². The van der Waals surface area contributed by atoms with Crippen LogP contribution in [0.4, 0.5) is 0 Å². The van der Waals surface area contributed by atoms with Crippen LogP contribution >= 0.6 is 0 Å². The predicted octanol–water partition coefficient (Wildman–Crippen LogP) is 3.26. The zero-order valence-electron chi connectivity index (χ0n) is 12.6. The Balaban J connectivity index is 2.02. The van der Waals surface area contributed by atoms with Gasteiger partial charge in [-0.3, -0.25) is 0 Å². The van der Waals surface area contributed by atoms with Crippen LogP contribution in [0.5, 0.6) is 0 Å². The van der Waals surface area contributed by atoms with Crippen LogP contribution in [0.2, 0.25) is 0 Å². The summed E-state index contributed by atoms with van der Waals surface area (Å²) in [4.78, 5) is 0. The molecule has 0 unspecified atom stereocenters. The number of piperidine rings is 1. The molecule has 2 aromatic rings. The highest BCUT2D eigenvalue weighted by Gasteiger charge is 2.23. The summed E-state index contributed by atoms with van der Waals surface area (Å²) in [7, 11) is 0. The van der Waals surface area contributed by atoms with E-state index in [-0.39, 0.29) is 0 Å². The maximum absolute atomic E-state index is 4.79. The third-order valence-corrected chi connectivity index (χ3v) is 4.34. The lowest BCUT2D eigenvalue weighted by atomic mass is 9.89. The molecule has 0 radical (unpaired) electrons. The Labute approximate surface area is 121 Å². The smallest absolute Gasteiger partial charge is 0.0651 e. The number of rotatable bonds is 2. The van der Waals surface area contributed by atoms with Crippen molar-refractivity contribution < 1.29 is 0 Å². The first-order chi connectivity index (χ1) is 9.66. The molecule has 0 spiro atoms. The highest BCUT2D eigenvalue weighted by molar-refractivity contribution is 5.40. The molecule has 20 heavy (non-hydrogen) atoms. The Kier molecular flexibility index (Phi) is 3.62. The Morgan fingerprint density at radius 1 is 1.15 bits per heavy atom. The van der Waals surface area contributed by atoms with Crippen LogP contribution in [-0.4, -0.2) is 22.9 Å². The van der Waals surface area contributed by atoms with E-state index >= 15 is 0 Å². The molecular weight excluding hydrogens is 246 g/mol. The normalized spacial score (nSPS) is 16.6. The van der Waals surface area contributed by atoms with E-state index in [2.05, 4.69) is 55.0 Å². The zero-order chi connectivity index (χ0) is 14.1. The number of aryl methyl sites for hydroxylation is 2. The van der Waals surface area contributed by atoms with Gasteiger partial charge in [-0.2, -0.15) is 5.10 Å². The first-order valence-electron chi connectivity index (χ1n) is 7.50. The first kappa shape index (κ1) is 13.4. The van der Waals surface area contributed by atoms with Gasteiger partial charge in [-0.1, -0.05) is 12.1 Å². The molecule has 106 valence electrons. The molecule has 3 heteroatoms. The molecular formula is C17H23N3. The lowest BCUT2D eigenvalue weighted by Crippen LogP contribution is -2.27. The predicted molar refractivity (Wildman–Crippen MR) is 82.6 cm³/mol. The average Bonchev–Trinajstić information content (AvgIpc) is 2.75. The summed E-state index contributed by atoms with van der Waals surface area (Å²) >= 11 is 0. The lowest BCUT2D eigenvalue weighted by molar-refractivity contribution is 0.458. The van der Waals surface area contributed by atoms with Crippen molar-refractivity contribution in [2.45, 2.75) is 39.5 Å². The Morgan fingerprint density at radius 2 is 1.90 bits per heavy atom. The van der Waals surface area contributed by atoms with Crippen LogP contribution in [0.3, 0.4) is 0 Å². The average molecular weight is 269 g/mol. The van der Waals surface area contributed by atoms with Gasteiger partial charge in [0.1, 0.15) is 0 Å². The summed E-state index contributed by atoms with van der Waals surface area (Å²) in [6.07, 6.45) is 2.45. The molecule has 0 saturated carbocycles. The van der Waals surface area contributed by atoms with E-state index in [0.717, 1.165) is 13.1 Å². The molecule has 1 aromatic carbocycles. The fraction of sp³-hybridized carbons (Fsp3) is 0.471. The van der Waals surface area contributed by atoms with Crippen molar-refractivity contribution in [1.82, 2.24) is 15.1 Å². The monoisotopic (exact) mass is 269 g/mol. The fourth-order valence-electron chi connectivity index (χ4n) is 3.37. The van der Waals surface area contributed by atoms with Crippen LogP contribution in [0.1, 0.15) is 41.3 Å².